The van der Waals surface area contributed by atoms with Crippen LogP contribution in [-0.4, -0.2) is 0 Å². The van der Waals surface area contributed by atoms with Gasteiger partial charge in [-0.15, -0.1) is 0 Å². The zero-order valence-corrected chi connectivity index (χ0v) is 32.0. The van der Waals surface area contributed by atoms with Crippen LogP contribution < -0.4 is 4.74 Å². The van der Waals surface area contributed by atoms with Gasteiger partial charge in [-0.05, 0) is 130 Å². The van der Waals surface area contributed by atoms with Crippen LogP contribution in [0.2, 0.25) is 0 Å². The van der Waals surface area contributed by atoms with Crippen molar-refractivity contribution in [3.8, 4) is 56.0 Å². The lowest BCUT2D eigenvalue weighted by Gasteiger charge is -2.40. The van der Waals surface area contributed by atoms with Crippen molar-refractivity contribution in [3.05, 3.63) is 251 Å². The zero-order valence-electron chi connectivity index (χ0n) is 32.0. The van der Waals surface area contributed by atoms with Crippen LogP contribution in [0.3, 0.4) is 0 Å². The third kappa shape index (κ3) is 3.77. The molecule has 1 heterocycles. The topological polar surface area (TPSA) is 9.23 Å². The molecular formula is C58H34O. The Hall–Kier alpha value is -7.48. The number of hydrogen-bond acceptors (Lipinski definition) is 1. The first-order chi connectivity index (χ1) is 29.2. The summed E-state index contributed by atoms with van der Waals surface area (Å²) in [6.45, 7) is 0. The van der Waals surface area contributed by atoms with E-state index in [9.17, 15) is 0 Å². The minimum absolute atomic E-state index is 0.422. The van der Waals surface area contributed by atoms with Crippen LogP contribution in [-0.2, 0) is 10.8 Å². The lowest BCUT2D eigenvalue weighted by Crippen LogP contribution is -2.32. The molecule has 1 heteroatoms. The Balaban J connectivity index is 1.03. The quantitative estimate of drug-likeness (QED) is 0.163. The van der Waals surface area contributed by atoms with Gasteiger partial charge in [0.25, 0.3) is 0 Å². The Morgan fingerprint density at radius 1 is 0.271 bits per heavy atom. The Morgan fingerprint density at radius 3 is 1.46 bits per heavy atom. The largest absolute Gasteiger partial charge is 0.457 e. The molecule has 0 bridgehead atoms. The second-order valence-corrected chi connectivity index (χ2v) is 16.7. The van der Waals surface area contributed by atoms with E-state index >= 15 is 0 Å². The molecule has 10 aromatic rings. The first-order valence-electron chi connectivity index (χ1n) is 20.7. The first-order valence-corrected chi connectivity index (χ1v) is 20.7. The lowest BCUT2D eigenvalue weighted by molar-refractivity contribution is 0.437. The standard InChI is InChI=1S/C58H34O/c1-2-15-37-34-55-53(32-36(37)14-1)57(47-21-9-5-17-41(47)42-18-6-10-22-48(42)57)52-33-39(27-30-54(52)59-55)38-26-29-51-46(31-38)44-20-8-12-24-50(44)58(51)49-23-11-7-19-43(49)45-28-25-35-13-3-4-16-40(35)56(45)58/h1-34H. The molecule has 0 saturated carbocycles. The maximum atomic E-state index is 6.98. The van der Waals surface area contributed by atoms with Gasteiger partial charge in [0.15, 0.2) is 0 Å². The van der Waals surface area contributed by atoms with Crippen molar-refractivity contribution in [3.63, 3.8) is 0 Å². The van der Waals surface area contributed by atoms with Crippen LogP contribution in [0.1, 0.15) is 44.5 Å². The van der Waals surface area contributed by atoms with Gasteiger partial charge in [-0.2, -0.15) is 0 Å². The van der Waals surface area contributed by atoms with Gasteiger partial charge in [0.1, 0.15) is 11.5 Å². The summed E-state index contributed by atoms with van der Waals surface area (Å²) in [6.07, 6.45) is 0. The number of fused-ring (bicyclic) bond motifs is 22. The van der Waals surface area contributed by atoms with Crippen molar-refractivity contribution in [1.29, 1.82) is 0 Å². The minimum Gasteiger partial charge on any atom is -0.457 e. The molecule has 1 aliphatic heterocycles. The fourth-order valence-electron chi connectivity index (χ4n) is 11.9. The van der Waals surface area contributed by atoms with Crippen LogP contribution >= 0.6 is 0 Å². The summed E-state index contributed by atoms with van der Waals surface area (Å²) < 4.78 is 6.98. The van der Waals surface area contributed by atoms with Crippen molar-refractivity contribution in [2.24, 2.45) is 0 Å². The maximum absolute atomic E-state index is 6.98. The summed E-state index contributed by atoms with van der Waals surface area (Å²) in [6, 6.07) is 77.2. The predicted molar refractivity (Wildman–Crippen MR) is 241 cm³/mol. The molecule has 0 fully saturated rings. The second-order valence-electron chi connectivity index (χ2n) is 16.7. The van der Waals surface area contributed by atoms with Crippen molar-refractivity contribution >= 4 is 21.5 Å². The summed E-state index contributed by atoms with van der Waals surface area (Å²) in [5.41, 5.74) is 19.7. The van der Waals surface area contributed by atoms with Gasteiger partial charge in [-0.25, -0.2) is 0 Å². The van der Waals surface area contributed by atoms with E-state index in [2.05, 4.69) is 206 Å². The van der Waals surface area contributed by atoms with E-state index in [-0.39, 0.29) is 0 Å². The van der Waals surface area contributed by atoms with Crippen molar-refractivity contribution in [2.75, 3.05) is 0 Å². The molecule has 0 saturated heterocycles. The Bertz CT molecular complexity index is 3450. The molecule has 1 unspecified atom stereocenters. The third-order valence-electron chi connectivity index (χ3n) is 14.1. The fraction of sp³-hybridized carbons (Fsp3) is 0.0345. The Labute approximate surface area is 342 Å². The normalized spacial score (nSPS) is 16.5. The van der Waals surface area contributed by atoms with E-state index in [4.69, 9.17) is 4.74 Å². The maximum Gasteiger partial charge on any atom is 0.132 e. The van der Waals surface area contributed by atoms with Crippen LogP contribution in [0, 0.1) is 0 Å². The SMILES string of the molecule is c1ccc2c(c1)-c1ccccc1C21c2cc(-c3ccc4c(c3)-c3ccccc3C43c4ccccc4-c4ccc5ccccc5c43)ccc2Oc2cc3ccccc3cc21. The van der Waals surface area contributed by atoms with Crippen molar-refractivity contribution in [2.45, 2.75) is 10.8 Å². The van der Waals surface area contributed by atoms with Gasteiger partial charge in [-0.1, -0.05) is 176 Å². The molecule has 1 nitrogen and oxygen atoms in total. The average Bonchev–Trinajstić information content (AvgIpc) is 3.89. The highest BCUT2D eigenvalue weighted by molar-refractivity contribution is 6.04. The van der Waals surface area contributed by atoms with E-state index in [1.807, 2.05) is 0 Å². The molecule has 14 rings (SSSR count). The molecule has 1 atom stereocenters. The van der Waals surface area contributed by atoms with Gasteiger partial charge in [0.05, 0.1) is 10.8 Å². The van der Waals surface area contributed by atoms with E-state index in [0.29, 0.717) is 0 Å². The van der Waals surface area contributed by atoms with E-state index in [1.165, 1.54) is 111 Å². The third-order valence-corrected chi connectivity index (χ3v) is 14.1. The molecule has 0 radical (unpaired) electrons. The van der Waals surface area contributed by atoms with E-state index < -0.39 is 10.8 Å². The van der Waals surface area contributed by atoms with E-state index in [0.717, 1.165) is 11.5 Å². The number of rotatable bonds is 1. The highest BCUT2D eigenvalue weighted by Gasteiger charge is 2.53. The molecule has 0 N–H and O–H groups in total. The zero-order chi connectivity index (χ0) is 38.5. The summed E-state index contributed by atoms with van der Waals surface area (Å²) in [5.74, 6) is 1.82. The number of benzene rings is 10. The molecule has 2 spiro atoms. The van der Waals surface area contributed by atoms with Gasteiger partial charge >= 0.3 is 0 Å². The molecule has 272 valence electrons. The van der Waals surface area contributed by atoms with E-state index in [1.54, 1.807) is 0 Å². The second kappa shape index (κ2) is 11.1. The summed E-state index contributed by atoms with van der Waals surface area (Å²) in [5, 5.41) is 4.98. The van der Waals surface area contributed by atoms with Gasteiger partial charge in [0.2, 0.25) is 0 Å². The van der Waals surface area contributed by atoms with Crippen molar-refractivity contribution in [1.82, 2.24) is 0 Å². The average molecular weight is 747 g/mol. The van der Waals surface area contributed by atoms with Gasteiger partial charge in [-0.3, -0.25) is 0 Å². The molecule has 4 aliphatic rings. The molecule has 59 heavy (non-hydrogen) atoms. The monoisotopic (exact) mass is 746 g/mol. The summed E-state index contributed by atoms with van der Waals surface area (Å²) in [4.78, 5) is 0. The highest BCUT2D eigenvalue weighted by Crippen LogP contribution is 2.66. The summed E-state index contributed by atoms with van der Waals surface area (Å²) >= 11 is 0. The minimum atomic E-state index is -0.554. The van der Waals surface area contributed by atoms with Crippen LogP contribution in [0.25, 0.3) is 66.1 Å². The Kier molecular flexibility index (Phi) is 5.96. The molecule has 0 amide bonds. The predicted octanol–water partition coefficient (Wildman–Crippen LogP) is 14.5. The van der Waals surface area contributed by atoms with Crippen LogP contribution in [0.15, 0.2) is 206 Å². The highest BCUT2D eigenvalue weighted by atomic mass is 16.5. The first kappa shape index (κ1) is 31.6. The van der Waals surface area contributed by atoms with Gasteiger partial charge in [0, 0.05) is 11.1 Å². The Morgan fingerprint density at radius 2 is 0.763 bits per heavy atom. The molecule has 3 aliphatic carbocycles. The molecule has 0 aromatic heterocycles. The summed E-state index contributed by atoms with van der Waals surface area (Å²) in [7, 11) is 0. The smallest absolute Gasteiger partial charge is 0.132 e. The van der Waals surface area contributed by atoms with Crippen LogP contribution in [0.4, 0.5) is 0 Å². The number of ether oxygens (including phenoxy) is 1. The molecule has 10 aromatic carbocycles. The van der Waals surface area contributed by atoms with Gasteiger partial charge < -0.3 is 4.74 Å². The molecular weight excluding hydrogens is 713 g/mol. The number of hydrogen-bond donors (Lipinski definition) is 0. The van der Waals surface area contributed by atoms with Crippen molar-refractivity contribution < 1.29 is 4.74 Å². The van der Waals surface area contributed by atoms with Crippen LogP contribution in [0.5, 0.6) is 11.5 Å². The fourth-order valence-corrected chi connectivity index (χ4v) is 11.9. The lowest BCUT2D eigenvalue weighted by atomic mass is 9.65.